The lowest BCUT2D eigenvalue weighted by Crippen LogP contribution is -2.29. The Labute approximate surface area is 123 Å². The van der Waals surface area contributed by atoms with Crippen LogP contribution in [-0.4, -0.2) is 0 Å². The number of hydrogen-bond acceptors (Lipinski definition) is 2. The summed E-state index contributed by atoms with van der Waals surface area (Å²) in [6, 6.07) is 12.8. The van der Waals surface area contributed by atoms with Crippen molar-refractivity contribution in [3.8, 4) is 0 Å². The fourth-order valence-electron chi connectivity index (χ4n) is 2.18. The second kappa shape index (κ2) is 5.87. The SMILES string of the molecule is Cc1ccc(C(NN)c2ccc(Br)c(C)c2)cc1C. The Kier molecular flexibility index (Phi) is 4.40. The molecule has 0 amide bonds. The summed E-state index contributed by atoms with van der Waals surface area (Å²) in [7, 11) is 0. The Balaban J connectivity index is 2.43. The zero-order chi connectivity index (χ0) is 14.0. The summed E-state index contributed by atoms with van der Waals surface area (Å²) in [6.45, 7) is 6.33. The molecule has 0 bridgehead atoms. The maximum Gasteiger partial charge on any atom is 0.0710 e. The molecule has 0 aromatic heterocycles. The molecule has 0 saturated heterocycles. The molecule has 2 aromatic carbocycles. The molecule has 1 unspecified atom stereocenters. The van der Waals surface area contributed by atoms with Crippen LogP contribution < -0.4 is 11.3 Å². The highest BCUT2D eigenvalue weighted by atomic mass is 79.9. The number of hydrogen-bond donors (Lipinski definition) is 2. The van der Waals surface area contributed by atoms with Gasteiger partial charge >= 0.3 is 0 Å². The van der Waals surface area contributed by atoms with Crippen LogP contribution in [0.5, 0.6) is 0 Å². The van der Waals surface area contributed by atoms with Gasteiger partial charge < -0.3 is 0 Å². The van der Waals surface area contributed by atoms with E-state index in [2.05, 4.69) is 78.5 Å². The van der Waals surface area contributed by atoms with Crippen LogP contribution in [0, 0.1) is 20.8 Å². The minimum absolute atomic E-state index is 0.0195. The molecule has 2 nitrogen and oxygen atoms in total. The lowest BCUT2D eigenvalue weighted by Gasteiger charge is -2.19. The topological polar surface area (TPSA) is 38.0 Å². The van der Waals surface area contributed by atoms with Crippen molar-refractivity contribution in [3.63, 3.8) is 0 Å². The zero-order valence-corrected chi connectivity index (χ0v) is 13.1. The molecule has 3 N–H and O–H groups in total. The minimum atomic E-state index is 0.0195. The van der Waals surface area contributed by atoms with Gasteiger partial charge in [0.15, 0.2) is 0 Å². The molecule has 1 atom stereocenters. The molecule has 2 aromatic rings. The average molecular weight is 319 g/mol. The van der Waals surface area contributed by atoms with E-state index in [1.54, 1.807) is 0 Å². The third-order valence-electron chi connectivity index (χ3n) is 3.55. The van der Waals surface area contributed by atoms with Gasteiger partial charge in [-0.3, -0.25) is 5.84 Å². The van der Waals surface area contributed by atoms with Gasteiger partial charge in [-0.25, -0.2) is 5.43 Å². The number of benzene rings is 2. The number of aryl methyl sites for hydroxylation is 3. The number of hydrazine groups is 1. The standard InChI is InChI=1S/C16H19BrN2/c1-10-4-5-13(8-11(10)2)16(19-18)14-6-7-15(17)12(3)9-14/h4-9,16,19H,18H2,1-3H3. The molecule has 2 rings (SSSR count). The number of rotatable bonds is 3. The predicted molar refractivity (Wildman–Crippen MR) is 84.0 cm³/mol. The fourth-order valence-corrected chi connectivity index (χ4v) is 2.42. The summed E-state index contributed by atoms with van der Waals surface area (Å²) >= 11 is 3.53. The van der Waals surface area contributed by atoms with Crippen molar-refractivity contribution in [2.24, 2.45) is 5.84 Å². The van der Waals surface area contributed by atoms with Gasteiger partial charge in [0.25, 0.3) is 0 Å². The van der Waals surface area contributed by atoms with Gasteiger partial charge in [0, 0.05) is 4.47 Å². The van der Waals surface area contributed by atoms with E-state index in [-0.39, 0.29) is 6.04 Å². The Morgan fingerprint density at radius 2 is 1.47 bits per heavy atom. The molecule has 0 radical (unpaired) electrons. The Morgan fingerprint density at radius 3 is 2.00 bits per heavy atom. The molecule has 100 valence electrons. The van der Waals surface area contributed by atoms with Crippen LogP contribution in [-0.2, 0) is 0 Å². The average Bonchev–Trinajstić information content (AvgIpc) is 2.39. The fraction of sp³-hybridized carbons (Fsp3) is 0.250. The summed E-state index contributed by atoms with van der Waals surface area (Å²) in [5, 5.41) is 0. The van der Waals surface area contributed by atoms with Gasteiger partial charge in [0.2, 0.25) is 0 Å². The smallest absolute Gasteiger partial charge is 0.0710 e. The number of nitrogens with one attached hydrogen (secondary N) is 1. The molecular weight excluding hydrogens is 300 g/mol. The van der Waals surface area contributed by atoms with Crippen LogP contribution in [0.3, 0.4) is 0 Å². The van der Waals surface area contributed by atoms with Crippen molar-refractivity contribution < 1.29 is 0 Å². The first kappa shape index (κ1) is 14.3. The van der Waals surface area contributed by atoms with E-state index < -0.39 is 0 Å². The normalized spacial score (nSPS) is 12.5. The molecule has 0 aliphatic carbocycles. The number of nitrogens with two attached hydrogens (primary N) is 1. The Morgan fingerprint density at radius 1 is 0.895 bits per heavy atom. The third kappa shape index (κ3) is 3.06. The second-order valence-electron chi connectivity index (χ2n) is 4.95. The Bertz CT molecular complexity index is 542. The van der Waals surface area contributed by atoms with Crippen LogP contribution in [0.1, 0.15) is 33.9 Å². The van der Waals surface area contributed by atoms with E-state index in [1.807, 2.05) is 0 Å². The largest absolute Gasteiger partial charge is 0.271 e. The van der Waals surface area contributed by atoms with Gasteiger partial charge in [-0.15, -0.1) is 0 Å². The number of halogens is 1. The van der Waals surface area contributed by atoms with Crippen molar-refractivity contribution in [1.29, 1.82) is 0 Å². The molecule has 0 saturated carbocycles. The highest BCUT2D eigenvalue weighted by Crippen LogP contribution is 2.26. The first-order valence-electron chi connectivity index (χ1n) is 6.32. The van der Waals surface area contributed by atoms with Gasteiger partial charge in [0.05, 0.1) is 6.04 Å². The zero-order valence-electron chi connectivity index (χ0n) is 11.5. The molecular formula is C16H19BrN2. The van der Waals surface area contributed by atoms with Crippen molar-refractivity contribution in [2.75, 3.05) is 0 Å². The first-order valence-corrected chi connectivity index (χ1v) is 7.11. The summed E-state index contributed by atoms with van der Waals surface area (Å²) in [6.07, 6.45) is 0. The van der Waals surface area contributed by atoms with E-state index in [0.717, 1.165) is 4.47 Å². The minimum Gasteiger partial charge on any atom is -0.271 e. The van der Waals surface area contributed by atoms with E-state index in [9.17, 15) is 0 Å². The van der Waals surface area contributed by atoms with Crippen molar-refractivity contribution in [1.82, 2.24) is 5.43 Å². The molecule has 0 aliphatic heterocycles. The predicted octanol–water partition coefficient (Wildman–Crippen LogP) is 3.93. The van der Waals surface area contributed by atoms with Gasteiger partial charge in [-0.05, 0) is 54.7 Å². The van der Waals surface area contributed by atoms with Crippen molar-refractivity contribution in [3.05, 3.63) is 68.7 Å². The van der Waals surface area contributed by atoms with Crippen LogP contribution >= 0.6 is 15.9 Å². The van der Waals surface area contributed by atoms with Gasteiger partial charge in [-0.2, -0.15) is 0 Å². The highest BCUT2D eigenvalue weighted by Gasteiger charge is 2.13. The lowest BCUT2D eigenvalue weighted by atomic mass is 9.95. The maximum atomic E-state index is 5.75. The summed E-state index contributed by atoms with van der Waals surface area (Å²) < 4.78 is 1.12. The third-order valence-corrected chi connectivity index (χ3v) is 4.44. The molecule has 0 heterocycles. The van der Waals surface area contributed by atoms with Crippen LogP contribution in [0.2, 0.25) is 0 Å². The highest BCUT2D eigenvalue weighted by molar-refractivity contribution is 9.10. The van der Waals surface area contributed by atoms with Crippen molar-refractivity contribution in [2.45, 2.75) is 26.8 Å². The second-order valence-corrected chi connectivity index (χ2v) is 5.81. The van der Waals surface area contributed by atoms with E-state index in [4.69, 9.17) is 5.84 Å². The molecule has 0 aliphatic rings. The van der Waals surface area contributed by atoms with Gasteiger partial charge in [0.1, 0.15) is 0 Å². The van der Waals surface area contributed by atoms with E-state index in [1.165, 1.54) is 27.8 Å². The van der Waals surface area contributed by atoms with E-state index >= 15 is 0 Å². The van der Waals surface area contributed by atoms with Crippen molar-refractivity contribution >= 4 is 15.9 Å². The monoisotopic (exact) mass is 318 g/mol. The lowest BCUT2D eigenvalue weighted by molar-refractivity contribution is 0.636. The maximum absolute atomic E-state index is 5.75. The van der Waals surface area contributed by atoms with Crippen LogP contribution in [0.25, 0.3) is 0 Å². The summed E-state index contributed by atoms with van der Waals surface area (Å²) in [5.41, 5.74) is 9.06. The molecule has 0 spiro atoms. The quantitative estimate of drug-likeness (QED) is 0.664. The summed E-state index contributed by atoms with van der Waals surface area (Å²) in [4.78, 5) is 0. The molecule has 3 heteroatoms. The first-order chi connectivity index (χ1) is 9.02. The van der Waals surface area contributed by atoms with Gasteiger partial charge in [-0.1, -0.05) is 46.3 Å². The van der Waals surface area contributed by atoms with E-state index in [0.29, 0.717) is 0 Å². The summed E-state index contributed by atoms with van der Waals surface area (Å²) in [5.74, 6) is 5.75. The van der Waals surface area contributed by atoms with Crippen LogP contribution in [0.15, 0.2) is 40.9 Å². The van der Waals surface area contributed by atoms with Crippen LogP contribution in [0.4, 0.5) is 0 Å². The molecule has 0 fully saturated rings. The molecule has 19 heavy (non-hydrogen) atoms. The Hall–Kier alpha value is -1.16.